The molecule has 19 heavy (non-hydrogen) atoms. The van der Waals surface area contributed by atoms with Gasteiger partial charge in [0, 0.05) is 19.6 Å². The van der Waals surface area contributed by atoms with Crippen LogP contribution in [0.1, 0.15) is 20.3 Å². The lowest BCUT2D eigenvalue weighted by Gasteiger charge is -2.28. The van der Waals surface area contributed by atoms with E-state index in [2.05, 4.69) is 0 Å². The Balaban J connectivity index is 2.58. The number of likely N-dealkylation sites (N-methyl/N-ethyl adjacent to an activating group) is 1. The molecule has 0 aromatic rings. The number of carboxylic acids is 1. The van der Waals surface area contributed by atoms with Gasteiger partial charge in [0.1, 0.15) is 6.54 Å². The van der Waals surface area contributed by atoms with Gasteiger partial charge in [0.05, 0.1) is 12.5 Å². The van der Waals surface area contributed by atoms with Crippen LogP contribution in [0.2, 0.25) is 0 Å². The molecule has 1 rings (SSSR count). The summed E-state index contributed by atoms with van der Waals surface area (Å²) in [5.41, 5.74) is 0. The first-order chi connectivity index (χ1) is 8.88. The summed E-state index contributed by atoms with van der Waals surface area (Å²) < 4.78 is 4.77. The number of hydrogen-bond donors (Lipinski definition) is 1. The van der Waals surface area contributed by atoms with Crippen LogP contribution in [0, 0.1) is 5.92 Å². The molecular weight excluding hydrogens is 252 g/mol. The van der Waals surface area contributed by atoms with Gasteiger partial charge in [-0.1, -0.05) is 0 Å². The van der Waals surface area contributed by atoms with Crippen LogP contribution in [0.25, 0.3) is 0 Å². The first-order valence-electron chi connectivity index (χ1n) is 6.28. The van der Waals surface area contributed by atoms with Crippen molar-refractivity contribution in [2.45, 2.75) is 26.3 Å². The van der Waals surface area contributed by atoms with Crippen molar-refractivity contribution < 1.29 is 24.2 Å². The quantitative estimate of drug-likeness (QED) is 0.748. The molecule has 1 heterocycles. The minimum atomic E-state index is -0.893. The number of carbonyl (C=O) groups is 3. The zero-order valence-corrected chi connectivity index (χ0v) is 11.5. The Morgan fingerprint density at radius 1 is 1.42 bits per heavy atom. The van der Waals surface area contributed by atoms with E-state index in [1.54, 1.807) is 13.8 Å². The number of likely N-dealkylation sites (tertiary alicyclic amines) is 1. The average molecular weight is 272 g/mol. The number of carboxylic acid groups (broad SMARTS) is 1. The van der Waals surface area contributed by atoms with Crippen LogP contribution in [0.15, 0.2) is 0 Å². The molecule has 0 aliphatic carbocycles. The van der Waals surface area contributed by atoms with E-state index in [4.69, 9.17) is 9.84 Å². The number of hydrogen-bond acceptors (Lipinski definition) is 4. The van der Waals surface area contributed by atoms with Gasteiger partial charge in [0.2, 0.25) is 0 Å². The summed E-state index contributed by atoms with van der Waals surface area (Å²) in [4.78, 5) is 37.1. The van der Waals surface area contributed by atoms with Gasteiger partial charge < -0.3 is 19.6 Å². The smallest absolute Gasteiger partial charge is 0.325 e. The zero-order valence-electron chi connectivity index (χ0n) is 11.5. The Morgan fingerprint density at radius 3 is 2.53 bits per heavy atom. The van der Waals surface area contributed by atoms with Crippen LogP contribution in [-0.4, -0.2) is 65.7 Å². The van der Waals surface area contributed by atoms with E-state index < -0.39 is 17.9 Å². The number of amides is 2. The Morgan fingerprint density at radius 2 is 2.05 bits per heavy atom. The molecule has 0 spiro atoms. The Hall–Kier alpha value is -1.79. The second-order valence-corrected chi connectivity index (χ2v) is 4.61. The molecule has 0 radical (unpaired) electrons. The molecule has 1 fully saturated rings. The number of ether oxygens (including phenoxy) is 1. The molecule has 7 nitrogen and oxygen atoms in total. The molecule has 1 aliphatic heterocycles. The maximum absolute atomic E-state index is 12.1. The second-order valence-electron chi connectivity index (χ2n) is 4.61. The van der Waals surface area contributed by atoms with Crippen LogP contribution in [0.5, 0.6) is 0 Å². The van der Waals surface area contributed by atoms with Crippen LogP contribution in [0.4, 0.5) is 4.79 Å². The maximum Gasteiger partial charge on any atom is 0.325 e. The second kappa shape index (κ2) is 6.40. The van der Waals surface area contributed by atoms with Crippen molar-refractivity contribution in [3.63, 3.8) is 0 Å². The molecule has 0 aromatic carbocycles. The summed E-state index contributed by atoms with van der Waals surface area (Å²) in [6.45, 7) is 3.93. The van der Waals surface area contributed by atoms with Gasteiger partial charge in [-0.15, -0.1) is 0 Å². The number of rotatable bonds is 4. The van der Waals surface area contributed by atoms with Gasteiger partial charge >= 0.3 is 18.0 Å². The third-order valence-corrected chi connectivity index (χ3v) is 3.32. The SMILES string of the molecule is CCOC(=O)CN(C)C(=O)N1CCC(C(=O)O)C1C. The zero-order chi connectivity index (χ0) is 14.6. The molecule has 1 saturated heterocycles. The summed E-state index contributed by atoms with van der Waals surface area (Å²) in [6.07, 6.45) is 0.440. The van der Waals surface area contributed by atoms with Crippen molar-refractivity contribution in [3.8, 4) is 0 Å². The molecule has 1 N–H and O–H groups in total. The number of esters is 1. The predicted molar refractivity (Wildman–Crippen MR) is 66.6 cm³/mol. The Bertz CT molecular complexity index is 371. The van der Waals surface area contributed by atoms with Gasteiger partial charge in [-0.05, 0) is 20.3 Å². The van der Waals surface area contributed by atoms with E-state index in [1.807, 2.05) is 0 Å². The topological polar surface area (TPSA) is 87.2 Å². The largest absolute Gasteiger partial charge is 0.481 e. The van der Waals surface area contributed by atoms with E-state index >= 15 is 0 Å². The summed E-state index contributed by atoms with van der Waals surface area (Å²) in [6, 6.07) is -0.709. The normalized spacial score (nSPS) is 22.2. The van der Waals surface area contributed by atoms with Crippen LogP contribution in [-0.2, 0) is 14.3 Å². The van der Waals surface area contributed by atoms with Crippen LogP contribution >= 0.6 is 0 Å². The van der Waals surface area contributed by atoms with Gasteiger partial charge in [-0.25, -0.2) is 4.79 Å². The fourth-order valence-electron chi connectivity index (χ4n) is 2.23. The molecule has 108 valence electrons. The van der Waals surface area contributed by atoms with Crippen molar-refractivity contribution in [1.29, 1.82) is 0 Å². The highest BCUT2D eigenvalue weighted by molar-refractivity contribution is 5.82. The van der Waals surface area contributed by atoms with E-state index in [9.17, 15) is 14.4 Å². The predicted octanol–water partition coefficient (Wildman–Crippen LogP) is 0.396. The molecule has 2 amide bonds. The van der Waals surface area contributed by atoms with E-state index in [1.165, 1.54) is 16.8 Å². The minimum absolute atomic E-state index is 0.131. The lowest BCUT2D eigenvalue weighted by Crippen LogP contribution is -2.46. The standard InChI is InChI=1S/C12H20N2O5/c1-4-19-10(15)7-13(3)12(18)14-6-5-9(8(14)2)11(16)17/h8-9H,4-7H2,1-3H3,(H,16,17). The summed E-state index contributed by atoms with van der Waals surface area (Å²) in [5.74, 6) is -1.91. The maximum atomic E-state index is 12.1. The number of aliphatic carboxylic acids is 1. The van der Waals surface area contributed by atoms with E-state index in [0.29, 0.717) is 13.0 Å². The van der Waals surface area contributed by atoms with Crippen molar-refractivity contribution in [2.75, 3.05) is 26.7 Å². The summed E-state index contributed by atoms with van der Waals surface area (Å²) in [5, 5.41) is 9.01. The monoisotopic (exact) mass is 272 g/mol. The first kappa shape index (κ1) is 15.3. The first-order valence-corrected chi connectivity index (χ1v) is 6.28. The highest BCUT2D eigenvalue weighted by Gasteiger charge is 2.39. The third-order valence-electron chi connectivity index (χ3n) is 3.32. The number of urea groups is 1. The molecule has 0 saturated carbocycles. The molecular formula is C12H20N2O5. The summed E-state index contributed by atoms with van der Waals surface area (Å²) >= 11 is 0. The van der Waals surface area contributed by atoms with Crippen molar-refractivity contribution >= 4 is 18.0 Å². The average Bonchev–Trinajstić information content (AvgIpc) is 2.70. The molecule has 0 bridgehead atoms. The lowest BCUT2D eigenvalue weighted by atomic mass is 10.0. The van der Waals surface area contributed by atoms with Gasteiger partial charge in [-0.3, -0.25) is 9.59 Å². The lowest BCUT2D eigenvalue weighted by molar-refractivity contribution is -0.144. The number of nitrogens with zero attached hydrogens (tertiary/aromatic N) is 2. The Labute approximate surface area is 112 Å². The molecule has 2 atom stereocenters. The third kappa shape index (κ3) is 3.59. The highest BCUT2D eigenvalue weighted by atomic mass is 16.5. The highest BCUT2D eigenvalue weighted by Crippen LogP contribution is 2.25. The number of carbonyl (C=O) groups excluding carboxylic acids is 2. The fraction of sp³-hybridized carbons (Fsp3) is 0.750. The summed E-state index contributed by atoms with van der Waals surface area (Å²) in [7, 11) is 1.50. The molecule has 2 unspecified atom stereocenters. The molecule has 0 aromatic heterocycles. The van der Waals surface area contributed by atoms with Crippen molar-refractivity contribution in [1.82, 2.24) is 9.80 Å². The molecule has 7 heteroatoms. The van der Waals surface area contributed by atoms with Crippen molar-refractivity contribution in [3.05, 3.63) is 0 Å². The fourth-order valence-corrected chi connectivity index (χ4v) is 2.23. The Kier molecular flexibility index (Phi) is 5.14. The van der Waals surface area contributed by atoms with E-state index in [-0.39, 0.29) is 25.2 Å². The van der Waals surface area contributed by atoms with Crippen molar-refractivity contribution in [2.24, 2.45) is 5.92 Å². The molecule has 1 aliphatic rings. The van der Waals surface area contributed by atoms with Crippen LogP contribution < -0.4 is 0 Å². The van der Waals surface area contributed by atoms with Gasteiger partial charge in [0.25, 0.3) is 0 Å². The minimum Gasteiger partial charge on any atom is -0.481 e. The van der Waals surface area contributed by atoms with Gasteiger partial charge in [0.15, 0.2) is 0 Å². The van der Waals surface area contributed by atoms with E-state index in [0.717, 1.165) is 0 Å². The van der Waals surface area contributed by atoms with Crippen LogP contribution in [0.3, 0.4) is 0 Å². The van der Waals surface area contributed by atoms with Gasteiger partial charge in [-0.2, -0.15) is 0 Å².